The van der Waals surface area contributed by atoms with Crippen molar-refractivity contribution >= 4 is 12.1 Å². The fourth-order valence-corrected chi connectivity index (χ4v) is 2.99. The largest absolute Gasteiger partial charge is 0.453 e. The first kappa shape index (κ1) is 14.9. The molecule has 0 bridgehead atoms. The Labute approximate surface area is 120 Å². The maximum absolute atomic E-state index is 11.9. The van der Waals surface area contributed by atoms with E-state index in [1.54, 1.807) is 4.90 Å². The number of nitrogens with zero attached hydrogens (tertiary/aromatic N) is 1. The second-order valence-electron chi connectivity index (χ2n) is 5.68. The van der Waals surface area contributed by atoms with Gasteiger partial charge in [0.25, 0.3) is 0 Å². The van der Waals surface area contributed by atoms with E-state index in [0.717, 1.165) is 25.7 Å². The molecule has 2 fully saturated rings. The Kier molecular flexibility index (Phi) is 5.49. The van der Waals surface area contributed by atoms with E-state index >= 15 is 0 Å². The maximum Gasteiger partial charge on any atom is 0.409 e. The van der Waals surface area contributed by atoms with Crippen molar-refractivity contribution in [3.8, 4) is 0 Å². The molecule has 0 atom stereocenters. The molecule has 6 heteroatoms. The number of hydrogen-bond donors (Lipinski definition) is 2. The zero-order valence-electron chi connectivity index (χ0n) is 12.2. The van der Waals surface area contributed by atoms with Crippen LogP contribution in [0, 0.1) is 0 Å². The minimum absolute atomic E-state index is 0.0616. The molecule has 114 valence electrons. The van der Waals surface area contributed by atoms with E-state index in [9.17, 15) is 9.59 Å². The third-order valence-corrected chi connectivity index (χ3v) is 4.20. The number of methoxy groups -OCH3 is 1. The minimum atomic E-state index is -0.282. The zero-order chi connectivity index (χ0) is 14.4. The van der Waals surface area contributed by atoms with E-state index in [1.807, 2.05) is 0 Å². The number of nitrogens with one attached hydrogen (secondary N) is 2. The molecule has 20 heavy (non-hydrogen) atoms. The van der Waals surface area contributed by atoms with Gasteiger partial charge in [0, 0.05) is 25.2 Å². The van der Waals surface area contributed by atoms with Crippen molar-refractivity contribution in [3.63, 3.8) is 0 Å². The molecule has 0 spiro atoms. The van der Waals surface area contributed by atoms with Gasteiger partial charge < -0.3 is 20.3 Å². The second-order valence-corrected chi connectivity index (χ2v) is 5.68. The summed E-state index contributed by atoms with van der Waals surface area (Å²) in [6, 6.07) is 0.423. The van der Waals surface area contributed by atoms with Gasteiger partial charge in [-0.25, -0.2) is 9.59 Å². The Hall–Kier alpha value is -1.46. The van der Waals surface area contributed by atoms with E-state index in [2.05, 4.69) is 10.6 Å². The average molecular weight is 283 g/mol. The summed E-state index contributed by atoms with van der Waals surface area (Å²) in [4.78, 5) is 25.0. The summed E-state index contributed by atoms with van der Waals surface area (Å²) in [6.45, 7) is 1.28. The molecule has 0 aromatic carbocycles. The summed E-state index contributed by atoms with van der Waals surface area (Å²) in [7, 11) is 1.39. The van der Waals surface area contributed by atoms with Crippen molar-refractivity contribution < 1.29 is 14.3 Å². The van der Waals surface area contributed by atoms with Gasteiger partial charge >= 0.3 is 12.1 Å². The molecule has 1 aliphatic heterocycles. The monoisotopic (exact) mass is 283 g/mol. The third kappa shape index (κ3) is 4.28. The standard InChI is InChI=1S/C14H25N3O3/c1-20-14(19)17-9-7-12(8-10-17)16-13(18)15-11-5-3-2-4-6-11/h11-12H,2-10H2,1H3,(H2,15,16,18). The van der Waals surface area contributed by atoms with Gasteiger partial charge in [-0.1, -0.05) is 19.3 Å². The molecule has 1 heterocycles. The Bertz CT molecular complexity index is 335. The number of piperidine rings is 1. The summed E-state index contributed by atoms with van der Waals surface area (Å²) in [5.74, 6) is 0. The van der Waals surface area contributed by atoms with Gasteiger partial charge in [-0.3, -0.25) is 0 Å². The number of hydrogen-bond acceptors (Lipinski definition) is 3. The van der Waals surface area contributed by atoms with Gasteiger partial charge in [-0.15, -0.1) is 0 Å². The highest BCUT2D eigenvalue weighted by molar-refractivity contribution is 5.74. The lowest BCUT2D eigenvalue weighted by Crippen LogP contribution is -2.51. The molecule has 2 rings (SSSR count). The molecule has 0 unspecified atom stereocenters. The first-order valence-electron chi connectivity index (χ1n) is 7.59. The van der Waals surface area contributed by atoms with Crippen molar-refractivity contribution in [3.05, 3.63) is 0 Å². The lowest BCUT2D eigenvalue weighted by molar-refractivity contribution is 0.110. The highest BCUT2D eigenvalue weighted by atomic mass is 16.5. The minimum Gasteiger partial charge on any atom is -0.453 e. The van der Waals surface area contributed by atoms with Gasteiger partial charge in [0.05, 0.1) is 7.11 Å². The molecule has 2 N–H and O–H groups in total. The number of ether oxygens (including phenoxy) is 1. The third-order valence-electron chi connectivity index (χ3n) is 4.20. The van der Waals surface area contributed by atoms with Crippen LogP contribution >= 0.6 is 0 Å². The molecule has 0 aromatic rings. The van der Waals surface area contributed by atoms with Crippen molar-refractivity contribution in [2.45, 2.75) is 57.0 Å². The lowest BCUT2D eigenvalue weighted by Gasteiger charge is -2.32. The van der Waals surface area contributed by atoms with Crippen LogP contribution in [-0.4, -0.2) is 49.3 Å². The van der Waals surface area contributed by atoms with Gasteiger partial charge in [0.2, 0.25) is 0 Å². The molecule has 1 saturated carbocycles. The number of carbonyl (C=O) groups is 2. The van der Waals surface area contributed by atoms with Crippen LogP contribution in [0.3, 0.4) is 0 Å². The quantitative estimate of drug-likeness (QED) is 0.812. The van der Waals surface area contributed by atoms with Crippen LogP contribution in [0.5, 0.6) is 0 Å². The number of carbonyl (C=O) groups excluding carboxylic acids is 2. The van der Waals surface area contributed by atoms with Gasteiger partial charge in [-0.2, -0.15) is 0 Å². The van der Waals surface area contributed by atoms with Crippen molar-refractivity contribution in [2.24, 2.45) is 0 Å². The van der Waals surface area contributed by atoms with Crippen LogP contribution in [0.25, 0.3) is 0 Å². The van der Waals surface area contributed by atoms with Crippen molar-refractivity contribution in [1.82, 2.24) is 15.5 Å². The Balaban J connectivity index is 1.66. The zero-order valence-corrected chi connectivity index (χ0v) is 12.2. The molecule has 0 aromatic heterocycles. The van der Waals surface area contributed by atoms with Crippen molar-refractivity contribution in [1.29, 1.82) is 0 Å². The normalized spacial score (nSPS) is 21.4. The Morgan fingerprint density at radius 3 is 2.05 bits per heavy atom. The second kappa shape index (κ2) is 7.36. The van der Waals surface area contributed by atoms with Gasteiger partial charge in [0.1, 0.15) is 0 Å². The molecule has 3 amide bonds. The highest BCUT2D eigenvalue weighted by Crippen LogP contribution is 2.17. The van der Waals surface area contributed by atoms with Crippen molar-refractivity contribution in [2.75, 3.05) is 20.2 Å². The predicted octanol–water partition coefficient (Wildman–Crippen LogP) is 1.85. The number of rotatable bonds is 2. The smallest absolute Gasteiger partial charge is 0.409 e. The number of urea groups is 1. The van der Waals surface area contributed by atoms with E-state index in [4.69, 9.17) is 4.74 Å². The van der Waals surface area contributed by atoms with E-state index in [0.29, 0.717) is 19.1 Å². The number of amides is 3. The fourth-order valence-electron chi connectivity index (χ4n) is 2.99. The first-order valence-corrected chi connectivity index (χ1v) is 7.59. The average Bonchev–Trinajstić information content (AvgIpc) is 2.48. The molecular formula is C14H25N3O3. The molecule has 1 aliphatic carbocycles. The van der Waals surface area contributed by atoms with Crippen LogP contribution < -0.4 is 10.6 Å². The summed E-state index contributed by atoms with van der Waals surface area (Å²) in [5.41, 5.74) is 0. The summed E-state index contributed by atoms with van der Waals surface area (Å²) < 4.78 is 4.69. The Morgan fingerprint density at radius 2 is 1.50 bits per heavy atom. The van der Waals surface area contributed by atoms with Crippen LogP contribution in [0.4, 0.5) is 9.59 Å². The van der Waals surface area contributed by atoms with Gasteiger partial charge in [0.15, 0.2) is 0 Å². The van der Waals surface area contributed by atoms with Crippen LogP contribution in [-0.2, 0) is 4.74 Å². The highest BCUT2D eigenvalue weighted by Gasteiger charge is 2.25. The van der Waals surface area contributed by atoms with Crippen LogP contribution in [0.15, 0.2) is 0 Å². The SMILES string of the molecule is COC(=O)N1CCC(NC(=O)NC2CCCCC2)CC1. The lowest BCUT2D eigenvalue weighted by atomic mass is 9.96. The van der Waals surface area contributed by atoms with Gasteiger partial charge in [-0.05, 0) is 25.7 Å². The molecular weight excluding hydrogens is 258 g/mol. The molecule has 6 nitrogen and oxygen atoms in total. The fraction of sp³-hybridized carbons (Fsp3) is 0.857. The maximum atomic E-state index is 11.9. The van der Waals surface area contributed by atoms with E-state index < -0.39 is 0 Å². The van der Waals surface area contributed by atoms with E-state index in [-0.39, 0.29) is 18.2 Å². The predicted molar refractivity (Wildman–Crippen MR) is 75.5 cm³/mol. The van der Waals surface area contributed by atoms with E-state index in [1.165, 1.54) is 26.4 Å². The first-order chi connectivity index (χ1) is 9.69. The van der Waals surface area contributed by atoms with Crippen LogP contribution in [0.1, 0.15) is 44.9 Å². The Morgan fingerprint density at radius 1 is 0.950 bits per heavy atom. The van der Waals surface area contributed by atoms with Crippen LogP contribution in [0.2, 0.25) is 0 Å². The summed E-state index contributed by atoms with van der Waals surface area (Å²) in [5, 5.41) is 6.07. The number of likely N-dealkylation sites (tertiary alicyclic amines) is 1. The topological polar surface area (TPSA) is 70.7 Å². The molecule has 2 aliphatic rings. The molecule has 0 radical (unpaired) electrons. The summed E-state index contributed by atoms with van der Waals surface area (Å²) >= 11 is 0. The molecule has 1 saturated heterocycles. The summed E-state index contributed by atoms with van der Waals surface area (Å²) in [6.07, 6.45) is 7.18.